The first-order chi connectivity index (χ1) is 8.10. The topological polar surface area (TPSA) is 29.5 Å². The lowest BCUT2D eigenvalue weighted by atomic mass is 9.90. The summed E-state index contributed by atoms with van der Waals surface area (Å²) in [5.74, 6) is 2.79. The predicted molar refractivity (Wildman–Crippen MR) is 80.8 cm³/mol. The van der Waals surface area contributed by atoms with Crippen molar-refractivity contribution in [2.24, 2.45) is 11.8 Å². The Labute approximate surface area is 114 Å². The van der Waals surface area contributed by atoms with Gasteiger partial charge in [0.15, 0.2) is 8.32 Å². The molecule has 0 rings (SSSR count). The molecular formula is C15H28O2Si. The van der Waals surface area contributed by atoms with Crippen molar-refractivity contribution < 1.29 is 9.53 Å². The molecule has 0 aromatic rings. The third-order valence-electron chi connectivity index (χ3n) is 4.06. The summed E-state index contributed by atoms with van der Waals surface area (Å²) in [6.07, 6.45) is 7.09. The fourth-order valence-corrected chi connectivity index (χ4v) is 2.74. The second-order valence-electron chi connectivity index (χ2n) is 6.41. The molecule has 3 atom stereocenters. The Kier molecular flexibility index (Phi) is 6.35. The Balaban J connectivity index is 4.93. The summed E-state index contributed by atoms with van der Waals surface area (Å²) in [4.78, 5) is 0. The van der Waals surface area contributed by atoms with Crippen molar-refractivity contribution in [1.29, 1.82) is 0 Å². The van der Waals surface area contributed by atoms with Crippen molar-refractivity contribution >= 4 is 8.32 Å². The number of hydrogen-bond donors (Lipinski definition) is 1. The van der Waals surface area contributed by atoms with Gasteiger partial charge in [0, 0.05) is 18.4 Å². The minimum absolute atomic E-state index is 0.0178. The first kappa shape index (κ1) is 17.4. The Hall–Kier alpha value is -0.563. The first-order valence-corrected chi connectivity index (χ1v) is 9.39. The molecule has 0 aliphatic rings. The minimum Gasteiger partial charge on any atom is -0.403 e. The summed E-state index contributed by atoms with van der Waals surface area (Å²) < 4.78 is 6.24. The van der Waals surface area contributed by atoms with Crippen LogP contribution < -0.4 is 0 Å². The summed E-state index contributed by atoms with van der Waals surface area (Å²) in [6.45, 7) is 16.8. The molecule has 0 fully saturated rings. The van der Waals surface area contributed by atoms with Crippen molar-refractivity contribution in [2.45, 2.75) is 51.9 Å². The van der Waals surface area contributed by atoms with E-state index in [1.807, 2.05) is 6.92 Å². The Morgan fingerprint density at radius 3 is 2.22 bits per heavy atom. The predicted octanol–water partition coefficient (Wildman–Crippen LogP) is 3.44. The largest absolute Gasteiger partial charge is 0.403 e. The van der Waals surface area contributed by atoms with E-state index in [1.165, 1.54) is 0 Å². The quantitative estimate of drug-likeness (QED) is 0.454. The van der Waals surface area contributed by atoms with Gasteiger partial charge < -0.3 is 9.53 Å². The molecule has 2 nitrogen and oxygen atoms in total. The maximum atomic E-state index is 9.31. The highest BCUT2D eigenvalue weighted by Crippen LogP contribution is 2.38. The van der Waals surface area contributed by atoms with Crippen LogP contribution in [0.4, 0.5) is 0 Å². The molecule has 0 heterocycles. The Morgan fingerprint density at radius 2 is 1.94 bits per heavy atom. The van der Waals surface area contributed by atoms with Crippen LogP contribution in [-0.2, 0) is 4.43 Å². The molecular weight excluding hydrogens is 240 g/mol. The van der Waals surface area contributed by atoms with Crippen molar-refractivity contribution in [2.75, 3.05) is 6.61 Å². The maximum absolute atomic E-state index is 9.31. The molecule has 0 saturated carbocycles. The van der Waals surface area contributed by atoms with Gasteiger partial charge in [-0.05, 0) is 18.1 Å². The van der Waals surface area contributed by atoms with E-state index in [-0.39, 0.29) is 29.6 Å². The summed E-state index contributed by atoms with van der Waals surface area (Å²) >= 11 is 0. The van der Waals surface area contributed by atoms with E-state index in [2.05, 4.69) is 46.4 Å². The summed E-state index contributed by atoms with van der Waals surface area (Å²) in [5, 5.41) is 9.44. The van der Waals surface area contributed by atoms with Crippen molar-refractivity contribution in [3.8, 4) is 12.3 Å². The van der Waals surface area contributed by atoms with Crippen LogP contribution >= 0.6 is 0 Å². The van der Waals surface area contributed by atoms with Crippen LogP contribution in [0.3, 0.4) is 0 Å². The van der Waals surface area contributed by atoms with Crippen LogP contribution in [0.5, 0.6) is 0 Å². The zero-order valence-corrected chi connectivity index (χ0v) is 13.7. The zero-order chi connectivity index (χ0) is 14.6. The third kappa shape index (κ3) is 4.27. The van der Waals surface area contributed by atoms with Gasteiger partial charge in [-0.25, -0.2) is 0 Å². The number of aliphatic hydroxyl groups excluding tert-OH is 1. The standard InChI is InChI=1S/C15H28O2Si/c1-9-13(11-16)12(3)14(10-2)17-18(7,8)15(4,5)6/h2,9,12-14,16H,1,11H2,3-8H3/t12-,13+,14+/m1/s1. The highest BCUT2D eigenvalue weighted by molar-refractivity contribution is 6.74. The molecule has 0 aromatic heterocycles. The van der Waals surface area contributed by atoms with Crippen molar-refractivity contribution in [1.82, 2.24) is 0 Å². The second-order valence-corrected chi connectivity index (χ2v) is 11.2. The fraction of sp³-hybridized carbons (Fsp3) is 0.733. The van der Waals surface area contributed by atoms with Gasteiger partial charge in [0.2, 0.25) is 0 Å². The smallest absolute Gasteiger partial charge is 0.193 e. The average molecular weight is 268 g/mol. The Morgan fingerprint density at radius 1 is 1.44 bits per heavy atom. The van der Waals surface area contributed by atoms with E-state index in [0.29, 0.717) is 0 Å². The van der Waals surface area contributed by atoms with E-state index in [4.69, 9.17) is 10.8 Å². The van der Waals surface area contributed by atoms with Crippen LogP contribution in [0, 0.1) is 24.2 Å². The summed E-state index contributed by atoms with van der Waals surface area (Å²) in [5.41, 5.74) is 0. The van der Waals surface area contributed by atoms with Crippen molar-refractivity contribution in [3.05, 3.63) is 12.7 Å². The molecule has 0 aromatic carbocycles. The van der Waals surface area contributed by atoms with Gasteiger partial charge in [0.05, 0.1) is 0 Å². The van der Waals surface area contributed by atoms with Gasteiger partial charge in [-0.15, -0.1) is 13.0 Å². The molecule has 3 heteroatoms. The normalized spacial score (nSPS) is 17.7. The van der Waals surface area contributed by atoms with Crippen LogP contribution in [0.2, 0.25) is 18.1 Å². The van der Waals surface area contributed by atoms with Gasteiger partial charge in [-0.2, -0.15) is 0 Å². The molecule has 0 spiro atoms. The molecule has 0 amide bonds. The van der Waals surface area contributed by atoms with E-state index >= 15 is 0 Å². The molecule has 0 radical (unpaired) electrons. The molecule has 1 N–H and O–H groups in total. The SMILES string of the molecule is C#C[C@H](O[Si](C)(C)C(C)(C)C)[C@H](C)[C@@H](C=C)CO. The highest BCUT2D eigenvalue weighted by atomic mass is 28.4. The van der Waals surface area contributed by atoms with Crippen LogP contribution in [0.15, 0.2) is 12.7 Å². The van der Waals surface area contributed by atoms with Gasteiger partial charge >= 0.3 is 0 Å². The molecule has 18 heavy (non-hydrogen) atoms. The fourth-order valence-electron chi connectivity index (χ4n) is 1.47. The van der Waals surface area contributed by atoms with E-state index < -0.39 is 8.32 Å². The molecule has 0 saturated heterocycles. The van der Waals surface area contributed by atoms with E-state index in [0.717, 1.165) is 0 Å². The van der Waals surface area contributed by atoms with Gasteiger partial charge in [-0.1, -0.05) is 39.7 Å². The lowest BCUT2D eigenvalue weighted by Crippen LogP contribution is -2.46. The number of aliphatic hydroxyl groups is 1. The molecule has 104 valence electrons. The van der Waals surface area contributed by atoms with Crippen molar-refractivity contribution in [3.63, 3.8) is 0 Å². The van der Waals surface area contributed by atoms with Gasteiger partial charge in [0.1, 0.15) is 6.10 Å². The van der Waals surface area contributed by atoms with Crippen LogP contribution in [0.25, 0.3) is 0 Å². The van der Waals surface area contributed by atoms with Crippen LogP contribution in [-0.4, -0.2) is 26.1 Å². The van der Waals surface area contributed by atoms with Gasteiger partial charge in [-0.3, -0.25) is 0 Å². The third-order valence-corrected chi connectivity index (χ3v) is 8.51. The highest BCUT2D eigenvalue weighted by Gasteiger charge is 2.40. The molecule has 0 unspecified atom stereocenters. The average Bonchev–Trinajstić information content (AvgIpc) is 2.25. The summed E-state index contributed by atoms with van der Waals surface area (Å²) in [7, 11) is -1.88. The van der Waals surface area contributed by atoms with Gasteiger partial charge in [0.25, 0.3) is 0 Å². The van der Waals surface area contributed by atoms with Crippen LogP contribution in [0.1, 0.15) is 27.7 Å². The zero-order valence-electron chi connectivity index (χ0n) is 12.7. The Bertz CT molecular complexity index is 309. The number of hydrogen-bond acceptors (Lipinski definition) is 2. The maximum Gasteiger partial charge on any atom is 0.193 e. The molecule has 0 aliphatic carbocycles. The number of rotatable bonds is 6. The minimum atomic E-state index is -1.88. The second kappa shape index (κ2) is 6.56. The lowest BCUT2D eigenvalue weighted by Gasteiger charge is -2.40. The monoisotopic (exact) mass is 268 g/mol. The molecule has 0 aliphatic heterocycles. The lowest BCUT2D eigenvalue weighted by molar-refractivity contribution is 0.120. The summed E-state index contributed by atoms with van der Waals surface area (Å²) in [6, 6.07) is 0. The molecule has 0 bridgehead atoms. The van der Waals surface area contributed by atoms with E-state index in [9.17, 15) is 5.11 Å². The number of terminal acetylenes is 1. The first-order valence-electron chi connectivity index (χ1n) is 6.48. The van der Waals surface area contributed by atoms with E-state index in [1.54, 1.807) is 6.08 Å².